The third-order valence-corrected chi connectivity index (χ3v) is 10.9. The van der Waals surface area contributed by atoms with Crippen LogP contribution in [0.1, 0.15) is 19.3 Å². The number of hydrogen-bond acceptors (Lipinski definition) is 9. The van der Waals surface area contributed by atoms with Crippen LogP contribution in [0.25, 0.3) is 0 Å². The highest BCUT2D eigenvalue weighted by Crippen LogP contribution is 2.37. The number of carbonyl (C=O) groups excluding carboxylic acids is 1. The molecule has 1 heterocycles. The molecule has 1 aliphatic heterocycles. The standard InChI is InChI=1S/C29H34ClN3O9S2/c1-39-24-11-8-20(30)16-23(24)33(43(35,36)22-10-13-25(40-2)27(18-22)42-4)19-29(34)31-21-9-12-26(41-3)28(17-21)44(37,38)32-14-6-5-7-15-32/h8-13,16-18H,5-7,14-15,19H2,1-4H3,(H,31,34). The number of piperidine rings is 1. The molecular formula is C29H34ClN3O9S2. The van der Waals surface area contributed by atoms with Crippen molar-refractivity contribution in [1.82, 2.24) is 4.31 Å². The van der Waals surface area contributed by atoms with E-state index in [1.807, 2.05) is 0 Å². The lowest BCUT2D eigenvalue weighted by molar-refractivity contribution is -0.114. The van der Waals surface area contributed by atoms with E-state index in [4.69, 9.17) is 30.5 Å². The van der Waals surface area contributed by atoms with Crippen LogP contribution in [0.15, 0.2) is 64.4 Å². The third-order valence-electron chi connectivity index (χ3n) is 7.02. The van der Waals surface area contributed by atoms with Gasteiger partial charge in [0.2, 0.25) is 15.9 Å². The second kappa shape index (κ2) is 13.9. The molecule has 15 heteroatoms. The predicted molar refractivity (Wildman–Crippen MR) is 166 cm³/mol. The molecule has 0 radical (unpaired) electrons. The molecular weight excluding hydrogens is 634 g/mol. The van der Waals surface area contributed by atoms with E-state index in [0.29, 0.717) is 18.8 Å². The van der Waals surface area contributed by atoms with Crippen LogP contribution in [0.4, 0.5) is 11.4 Å². The molecule has 3 aromatic carbocycles. The Morgan fingerprint density at radius 3 is 2.05 bits per heavy atom. The summed E-state index contributed by atoms with van der Waals surface area (Å²) in [5, 5.41) is 2.83. The van der Waals surface area contributed by atoms with Crippen molar-refractivity contribution in [2.45, 2.75) is 29.1 Å². The Kier molecular flexibility index (Phi) is 10.5. The molecule has 0 bridgehead atoms. The van der Waals surface area contributed by atoms with Crippen molar-refractivity contribution in [3.05, 3.63) is 59.6 Å². The number of amides is 1. The first-order valence-corrected chi connectivity index (χ1v) is 16.8. The van der Waals surface area contributed by atoms with E-state index in [-0.39, 0.29) is 43.4 Å². The van der Waals surface area contributed by atoms with Crippen LogP contribution in [-0.4, -0.2) is 75.1 Å². The number of hydrogen-bond donors (Lipinski definition) is 1. The van der Waals surface area contributed by atoms with E-state index in [1.54, 1.807) is 0 Å². The van der Waals surface area contributed by atoms with Crippen LogP contribution in [0.5, 0.6) is 23.0 Å². The fraction of sp³-hybridized carbons (Fsp3) is 0.345. The Balaban J connectivity index is 1.72. The number of sulfonamides is 2. The predicted octanol–water partition coefficient (Wildman–Crippen LogP) is 4.38. The first kappa shape index (κ1) is 33.2. The minimum absolute atomic E-state index is 0.00744. The van der Waals surface area contributed by atoms with Crippen molar-refractivity contribution in [2.24, 2.45) is 0 Å². The first-order chi connectivity index (χ1) is 21.0. The molecule has 1 saturated heterocycles. The number of carbonyl (C=O) groups is 1. The average molecular weight is 668 g/mol. The van der Waals surface area contributed by atoms with Gasteiger partial charge in [-0.2, -0.15) is 4.31 Å². The van der Waals surface area contributed by atoms with E-state index in [2.05, 4.69) is 5.32 Å². The summed E-state index contributed by atoms with van der Waals surface area (Å²) in [4.78, 5) is 13.2. The van der Waals surface area contributed by atoms with Crippen LogP contribution < -0.4 is 28.6 Å². The van der Waals surface area contributed by atoms with Crippen molar-refractivity contribution in [3.8, 4) is 23.0 Å². The maximum Gasteiger partial charge on any atom is 0.265 e. The maximum atomic E-state index is 14.1. The molecule has 0 atom stereocenters. The first-order valence-electron chi connectivity index (χ1n) is 13.5. The molecule has 1 N–H and O–H groups in total. The van der Waals surface area contributed by atoms with E-state index in [1.165, 1.54) is 87.3 Å². The zero-order valence-corrected chi connectivity index (χ0v) is 27.1. The Labute approximate surface area is 262 Å². The number of nitrogens with zero attached hydrogens (tertiary/aromatic N) is 2. The summed E-state index contributed by atoms with van der Waals surface area (Å²) in [5.41, 5.74) is 0.140. The molecule has 1 fully saturated rings. The summed E-state index contributed by atoms with van der Waals surface area (Å²) < 4.78 is 78.5. The van der Waals surface area contributed by atoms with Gasteiger partial charge in [0.1, 0.15) is 22.9 Å². The van der Waals surface area contributed by atoms with Gasteiger partial charge < -0.3 is 24.3 Å². The minimum Gasteiger partial charge on any atom is -0.495 e. The van der Waals surface area contributed by atoms with Crippen LogP contribution >= 0.6 is 11.6 Å². The Morgan fingerprint density at radius 1 is 0.795 bits per heavy atom. The molecule has 44 heavy (non-hydrogen) atoms. The highest BCUT2D eigenvalue weighted by Gasteiger charge is 2.32. The summed E-state index contributed by atoms with van der Waals surface area (Å²) in [7, 11) is -2.84. The van der Waals surface area contributed by atoms with Gasteiger partial charge in [0.25, 0.3) is 10.0 Å². The second-order valence-electron chi connectivity index (χ2n) is 9.72. The fourth-order valence-corrected chi connectivity index (χ4v) is 8.10. The summed E-state index contributed by atoms with van der Waals surface area (Å²) in [6.45, 7) is 0.0482. The number of benzene rings is 3. The molecule has 4 rings (SSSR count). The van der Waals surface area contributed by atoms with Gasteiger partial charge in [0, 0.05) is 29.9 Å². The van der Waals surface area contributed by atoms with Gasteiger partial charge in [-0.3, -0.25) is 9.10 Å². The highest BCUT2D eigenvalue weighted by molar-refractivity contribution is 7.93. The van der Waals surface area contributed by atoms with Gasteiger partial charge in [-0.15, -0.1) is 0 Å². The topological polar surface area (TPSA) is 141 Å². The van der Waals surface area contributed by atoms with Crippen LogP contribution in [0.3, 0.4) is 0 Å². The van der Waals surface area contributed by atoms with Gasteiger partial charge in [-0.25, -0.2) is 16.8 Å². The zero-order chi connectivity index (χ0) is 32.1. The summed E-state index contributed by atoms with van der Waals surface area (Å²) in [6, 6.07) is 12.6. The molecule has 0 aromatic heterocycles. The summed E-state index contributed by atoms with van der Waals surface area (Å²) in [5.74, 6) is -0.0225. The number of halogens is 1. The highest BCUT2D eigenvalue weighted by atomic mass is 35.5. The van der Waals surface area contributed by atoms with Crippen molar-refractivity contribution in [2.75, 3.05) is 57.7 Å². The summed E-state index contributed by atoms with van der Waals surface area (Å²) in [6.07, 6.45) is 2.43. The largest absolute Gasteiger partial charge is 0.495 e. The van der Waals surface area contributed by atoms with Crippen LogP contribution in [-0.2, 0) is 24.8 Å². The fourth-order valence-electron chi connectivity index (χ4n) is 4.79. The molecule has 0 unspecified atom stereocenters. The average Bonchev–Trinajstić information content (AvgIpc) is 3.03. The molecule has 12 nitrogen and oxygen atoms in total. The SMILES string of the molecule is COc1ccc(S(=O)(=O)N(CC(=O)Nc2ccc(OC)c(S(=O)(=O)N3CCCCC3)c2)c2cc(Cl)ccc2OC)cc1OC. The summed E-state index contributed by atoms with van der Waals surface area (Å²) >= 11 is 6.23. The zero-order valence-electron chi connectivity index (χ0n) is 24.7. The van der Waals surface area contributed by atoms with Crippen LogP contribution in [0.2, 0.25) is 5.02 Å². The quantitative estimate of drug-likeness (QED) is 0.298. The third kappa shape index (κ3) is 6.98. The number of methoxy groups -OCH3 is 4. The van der Waals surface area contributed by atoms with E-state index in [0.717, 1.165) is 23.6 Å². The van der Waals surface area contributed by atoms with Crippen molar-refractivity contribution in [3.63, 3.8) is 0 Å². The smallest absolute Gasteiger partial charge is 0.265 e. The molecule has 238 valence electrons. The number of rotatable bonds is 12. The minimum atomic E-state index is -4.43. The van der Waals surface area contributed by atoms with Gasteiger partial charge in [-0.1, -0.05) is 18.0 Å². The monoisotopic (exact) mass is 667 g/mol. The van der Waals surface area contributed by atoms with Gasteiger partial charge in [0.15, 0.2) is 11.5 Å². The van der Waals surface area contributed by atoms with Gasteiger partial charge in [-0.05, 0) is 61.4 Å². The lowest BCUT2D eigenvalue weighted by atomic mass is 10.2. The molecule has 1 aliphatic rings. The molecule has 0 aliphatic carbocycles. The normalized spacial score (nSPS) is 14.0. The second-order valence-corrected chi connectivity index (χ2v) is 13.9. The number of nitrogens with one attached hydrogen (secondary N) is 1. The van der Waals surface area contributed by atoms with Crippen molar-refractivity contribution in [1.29, 1.82) is 0 Å². The lowest BCUT2D eigenvalue weighted by Gasteiger charge is -2.27. The van der Waals surface area contributed by atoms with E-state index >= 15 is 0 Å². The van der Waals surface area contributed by atoms with Crippen molar-refractivity contribution >= 4 is 48.9 Å². The maximum absolute atomic E-state index is 14.1. The molecule has 3 aromatic rings. The Morgan fingerprint density at radius 2 is 1.41 bits per heavy atom. The molecule has 1 amide bonds. The van der Waals surface area contributed by atoms with Gasteiger partial charge >= 0.3 is 0 Å². The Hall–Kier alpha value is -3.72. The van der Waals surface area contributed by atoms with Crippen LogP contribution in [0, 0.1) is 0 Å². The molecule has 0 saturated carbocycles. The lowest BCUT2D eigenvalue weighted by Crippen LogP contribution is -2.38. The van der Waals surface area contributed by atoms with Crippen molar-refractivity contribution < 1.29 is 40.6 Å². The van der Waals surface area contributed by atoms with E-state index < -0.39 is 32.5 Å². The van der Waals surface area contributed by atoms with E-state index in [9.17, 15) is 21.6 Å². The number of anilines is 2. The number of ether oxygens (including phenoxy) is 4. The molecule has 0 spiro atoms. The van der Waals surface area contributed by atoms with Gasteiger partial charge in [0.05, 0.1) is 39.0 Å². The Bertz CT molecular complexity index is 1730.